The van der Waals surface area contributed by atoms with Crippen LogP contribution in [0.25, 0.3) is 0 Å². The first-order chi connectivity index (χ1) is 31.0. The molecule has 0 radical (unpaired) electrons. The van der Waals surface area contributed by atoms with E-state index in [1.54, 1.807) is 66.6 Å². The van der Waals surface area contributed by atoms with E-state index in [0.29, 0.717) is 46.3 Å². The molecule has 0 bridgehead atoms. The second kappa shape index (κ2) is 22.9. The predicted octanol–water partition coefficient (Wildman–Crippen LogP) is 8.03. The summed E-state index contributed by atoms with van der Waals surface area (Å²) in [5.74, 6) is 0.695. The van der Waals surface area contributed by atoms with Crippen molar-refractivity contribution in [3.8, 4) is 34.5 Å². The van der Waals surface area contributed by atoms with Gasteiger partial charge in [-0.15, -0.1) is 0 Å². The van der Waals surface area contributed by atoms with Crippen LogP contribution in [0.15, 0.2) is 42.5 Å². The summed E-state index contributed by atoms with van der Waals surface area (Å²) in [6.45, 7) is 18.6. The van der Waals surface area contributed by atoms with Crippen LogP contribution in [0.2, 0.25) is 18.1 Å². The Hall–Kier alpha value is -4.58. The quantitative estimate of drug-likeness (QED) is 0.0731. The molecule has 1 fully saturated rings. The molecule has 66 heavy (non-hydrogen) atoms. The molecule has 4 rings (SSSR count). The van der Waals surface area contributed by atoms with Gasteiger partial charge in [-0.25, -0.2) is 9.59 Å². The number of aliphatic hydroxyl groups is 2. The van der Waals surface area contributed by atoms with Gasteiger partial charge in [0.15, 0.2) is 37.4 Å². The fourth-order valence-electron chi connectivity index (χ4n) is 7.94. The van der Waals surface area contributed by atoms with Gasteiger partial charge >= 0.3 is 11.9 Å². The van der Waals surface area contributed by atoms with Crippen LogP contribution in [0, 0.1) is 18.3 Å². The first kappa shape index (κ1) is 54.0. The van der Waals surface area contributed by atoms with Crippen molar-refractivity contribution >= 4 is 20.3 Å². The fourth-order valence-corrected chi connectivity index (χ4v) is 9.41. The fraction of sp³-hybridized carbons (Fsp3) is 0.600. The minimum Gasteiger partial charge on any atom is -0.493 e. The summed E-state index contributed by atoms with van der Waals surface area (Å²) < 4.78 is 64.4. The highest BCUT2D eigenvalue weighted by molar-refractivity contribution is 6.74. The molecule has 1 aliphatic rings. The number of methoxy groups -OCH3 is 7. The van der Waals surface area contributed by atoms with Gasteiger partial charge in [0.25, 0.3) is 0 Å². The lowest BCUT2D eigenvalue weighted by Crippen LogP contribution is -2.59. The molecule has 1 saturated heterocycles. The smallest absolute Gasteiger partial charge is 0.341 e. The van der Waals surface area contributed by atoms with E-state index in [-0.39, 0.29) is 48.5 Å². The molecule has 2 N–H and O–H groups in total. The summed E-state index contributed by atoms with van der Waals surface area (Å²) in [6, 6.07) is 12.4. The summed E-state index contributed by atoms with van der Waals surface area (Å²) >= 11 is 0. The maximum absolute atomic E-state index is 13.8. The molecule has 0 aromatic heterocycles. The van der Waals surface area contributed by atoms with Crippen molar-refractivity contribution in [1.82, 2.24) is 0 Å². The largest absolute Gasteiger partial charge is 0.493 e. The molecule has 0 saturated carbocycles. The molecule has 0 unspecified atom stereocenters. The molecule has 368 valence electrons. The van der Waals surface area contributed by atoms with Gasteiger partial charge in [-0.3, -0.25) is 0 Å². The predicted molar refractivity (Wildman–Crippen MR) is 252 cm³/mol. The second-order valence-corrected chi connectivity index (χ2v) is 23.8. The van der Waals surface area contributed by atoms with E-state index >= 15 is 0 Å². The van der Waals surface area contributed by atoms with E-state index in [4.69, 9.17) is 51.8 Å². The number of benzene rings is 3. The van der Waals surface area contributed by atoms with E-state index in [2.05, 4.69) is 33.9 Å². The van der Waals surface area contributed by atoms with E-state index in [1.165, 1.54) is 21.3 Å². The molecule has 7 atom stereocenters. The molecule has 15 nitrogen and oxygen atoms in total. The Bertz CT molecular complexity index is 2100. The first-order valence-corrected chi connectivity index (χ1v) is 25.1. The van der Waals surface area contributed by atoms with Crippen molar-refractivity contribution in [3.63, 3.8) is 0 Å². The maximum atomic E-state index is 13.8. The highest BCUT2D eigenvalue weighted by Gasteiger charge is 2.52. The topological polar surface area (TPSA) is 176 Å². The lowest BCUT2D eigenvalue weighted by molar-refractivity contribution is -0.214. The van der Waals surface area contributed by atoms with E-state index in [9.17, 15) is 19.8 Å². The standard InChI is InChI=1S/C50H74O15Si/c1-29-33(23-34(51)30(2)35(52)24-43-50(6,7)44(65-66(15,16)49(3,4)5)26-42(64-43)46(59-12)48(54)61-14)45(47(53)60-13)41(63-28-32-18-20-37(56-9)40(22-32)58-11)25-38(29)62-27-31-17-19-36(55-8)39(21-31)57-10/h17-22,25,30,34-35,42-44,46,51-52H,23-24,26-28H2,1-16H3/t30-,34+,35-,42-,43+,44+,46-/m0/s1. The summed E-state index contributed by atoms with van der Waals surface area (Å²) in [6.07, 6.45) is -4.67. The SMILES string of the molecule is COC(=O)c1c(OCc2ccc(OC)c(OC)c2)cc(OCc2ccc(OC)c(OC)c2)c(C)c1C[C@@H](O)[C@H](C)[C@@H](O)C[C@H]1O[C@H]([C@H](OC)C(=O)OC)C[C@@H](O[Si](C)(C)C(C)(C)C)C1(C)C. The van der Waals surface area contributed by atoms with Gasteiger partial charge in [-0.1, -0.05) is 53.7 Å². The third kappa shape index (κ3) is 12.5. The third-order valence-corrected chi connectivity index (χ3v) is 18.0. The highest BCUT2D eigenvalue weighted by Crippen LogP contribution is 2.47. The van der Waals surface area contributed by atoms with Gasteiger partial charge in [0, 0.05) is 43.8 Å². The molecule has 1 aliphatic heterocycles. The average molecular weight is 943 g/mol. The van der Waals surface area contributed by atoms with Crippen LogP contribution >= 0.6 is 0 Å². The monoisotopic (exact) mass is 942 g/mol. The molecule has 3 aromatic carbocycles. The van der Waals surface area contributed by atoms with E-state index in [0.717, 1.165) is 11.1 Å². The molecular formula is C50H74O15Si. The molecule has 1 heterocycles. The zero-order chi connectivity index (χ0) is 49.3. The first-order valence-electron chi connectivity index (χ1n) is 22.2. The zero-order valence-electron chi connectivity index (χ0n) is 41.8. The Morgan fingerprint density at radius 3 is 1.77 bits per heavy atom. The van der Waals surface area contributed by atoms with Gasteiger partial charge in [0.1, 0.15) is 30.3 Å². The number of hydrogen-bond donors (Lipinski definition) is 2. The van der Waals surface area contributed by atoms with Crippen molar-refractivity contribution in [1.29, 1.82) is 0 Å². The Kier molecular flexibility index (Phi) is 18.8. The van der Waals surface area contributed by atoms with Crippen molar-refractivity contribution < 1.29 is 71.6 Å². The second-order valence-electron chi connectivity index (χ2n) is 19.0. The summed E-state index contributed by atoms with van der Waals surface area (Å²) in [5, 5.41) is 24.1. The van der Waals surface area contributed by atoms with Crippen LogP contribution < -0.4 is 28.4 Å². The van der Waals surface area contributed by atoms with Gasteiger partial charge in [-0.2, -0.15) is 0 Å². The summed E-state index contributed by atoms with van der Waals surface area (Å²) in [5.41, 5.74) is 1.96. The third-order valence-electron chi connectivity index (χ3n) is 13.5. The van der Waals surface area contributed by atoms with Crippen LogP contribution in [0.1, 0.15) is 87.0 Å². The van der Waals surface area contributed by atoms with Crippen LogP contribution in [0.4, 0.5) is 0 Å². The number of carbonyl (C=O) groups is 2. The molecule has 3 aromatic rings. The van der Waals surface area contributed by atoms with Crippen molar-refractivity contribution in [2.45, 2.75) is 136 Å². The van der Waals surface area contributed by atoms with Gasteiger partial charge in [0.2, 0.25) is 0 Å². The number of esters is 2. The number of hydrogen-bond acceptors (Lipinski definition) is 15. The van der Waals surface area contributed by atoms with Gasteiger partial charge in [-0.05, 0) is 71.6 Å². The maximum Gasteiger partial charge on any atom is 0.341 e. The van der Waals surface area contributed by atoms with Crippen LogP contribution in [0.5, 0.6) is 34.5 Å². The minimum absolute atomic E-state index is 0.0256. The van der Waals surface area contributed by atoms with Gasteiger partial charge < -0.3 is 62.0 Å². The molecule has 0 amide bonds. The lowest BCUT2D eigenvalue weighted by atomic mass is 9.72. The van der Waals surface area contributed by atoms with E-state index in [1.807, 2.05) is 32.0 Å². The average Bonchev–Trinajstić information content (AvgIpc) is 3.28. The Labute approximate surface area is 392 Å². The lowest BCUT2D eigenvalue weighted by Gasteiger charge is -2.52. The van der Waals surface area contributed by atoms with Crippen LogP contribution in [0.3, 0.4) is 0 Å². The van der Waals surface area contributed by atoms with Crippen molar-refractivity contribution in [2.24, 2.45) is 11.3 Å². The van der Waals surface area contributed by atoms with Crippen molar-refractivity contribution in [3.05, 3.63) is 70.3 Å². The van der Waals surface area contributed by atoms with Crippen molar-refractivity contribution in [2.75, 3.05) is 49.8 Å². The Balaban J connectivity index is 1.73. The molecular weight excluding hydrogens is 869 g/mol. The Morgan fingerprint density at radius 2 is 1.30 bits per heavy atom. The molecule has 16 heteroatoms. The van der Waals surface area contributed by atoms with Crippen LogP contribution in [-0.4, -0.2) is 117 Å². The Morgan fingerprint density at radius 1 is 0.773 bits per heavy atom. The summed E-state index contributed by atoms with van der Waals surface area (Å²) in [4.78, 5) is 26.8. The normalized spacial score (nSPS) is 19.2. The number of aliphatic hydroxyl groups excluding tert-OH is 2. The van der Waals surface area contributed by atoms with Crippen LogP contribution in [-0.2, 0) is 47.8 Å². The molecule has 0 aliphatic carbocycles. The minimum atomic E-state index is -2.34. The number of rotatable bonds is 22. The number of ether oxygens (including phenoxy) is 10. The highest BCUT2D eigenvalue weighted by atomic mass is 28.4. The zero-order valence-corrected chi connectivity index (χ0v) is 42.8. The summed E-state index contributed by atoms with van der Waals surface area (Å²) in [7, 11) is 7.88. The van der Waals surface area contributed by atoms with Gasteiger partial charge in [0.05, 0.1) is 73.2 Å². The molecule has 0 spiro atoms. The van der Waals surface area contributed by atoms with E-state index < -0.39 is 62.1 Å². The number of carbonyl (C=O) groups excluding carboxylic acids is 2.